The first-order valence-electron chi connectivity index (χ1n) is 6.37. The van der Waals surface area contributed by atoms with Gasteiger partial charge in [-0.1, -0.05) is 13.8 Å². The van der Waals surface area contributed by atoms with Crippen LogP contribution in [0.1, 0.15) is 26.7 Å². The second kappa shape index (κ2) is 6.92. The lowest BCUT2D eigenvalue weighted by Crippen LogP contribution is -2.52. The van der Waals surface area contributed by atoms with Gasteiger partial charge >= 0.3 is 5.97 Å². The summed E-state index contributed by atoms with van der Waals surface area (Å²) < 4.78 is 28.0. The van der Waals surface area contributed by atoms with Crippen LogP contribution in [0.15, 0.2) is 0 Å². The maximum Gasteiger partial charge on any atom is 0.321 e. The molecule has 0 bridgehead atoms. The van der Waals surface area contributed by atoms with Gasteiger partial charge in [0.1, 0.15) is 6.04 Å². The third kappa shape index (κ3) is 4.94. The molecule has 0 aromatic rings. The van der Waals surface area contributed by atoms with Gasteiger partial charge in [0.2, 0.25) is 0 Å². The van der Waals surface area contributed by atoms with Crippen molar-refractivity contribution in [2.24, 2.45) is 11.8 Å². The fourth-order valence-corrected chi connectivity index (χ4v) is 4.31. The first kappa shape index (κ1) is 16.7. The molecule has 8 heteroatoms. The molecule has 112 valence electrons. The Morgan fingerprint density at radius 2 is 1.95 bits per heavy atom. The standard InChI is InChI=1S/C11H22N2O4S2/c1-8-5-9(2)7-13(6-8)19(16,17)12-10(3-4-18)11(14)15/h8-10,12,18H,3-7H2,1-2H3,(H,14,15). The second-order valence-electron chi connectivity index (χ2n) is 5.29. The fourth-order valence-electron chi connectivity index (χ4n) is 2.42. The van der Waals surface area contributed by atoms with Crippen molar-refractivity contribution in [3.8, 4) is 0 Å². The molecule has 0 aromatic heterocycles. The van der Waals surface area contributed by atoms with Gasteiger partial charge in [-0.3, -0.25) is 4.79 Å². The number of rotatable bonds is 6. The van der Waals surface area contributed by atoms with Crippen LogP contribution in [0.4, 0.5) is 0 Å². The number of piperidine rings is 1. The summed E-state index contributed by atoms with van der Waals surface area (Å²) in [6.45, 7) is 4.88. The van der Waals surface area contributed by atoms with E-state index in [1.165, 1.54) is 4.31 Å². The molecule has 1 heterocycles. The number of thiol groups is 1. The predicted molar refractivity (Wildman–Crippen MR) is 76.5 cm³/mol. The van der Waals surface area contributed by atoms with Crippen molar-refractivity contribution in [1.82, 2.24) is 9.03 Å². The van der Waals surface area contributed by atoms with E-state index in [-0.39, 0.29) is 18.3 Å². The average molecular weight is 310 g/mol. The molecule has 1 aliphatic heterocycles. The lowest BCUT2D eigenvalue weighted by molar-refractivity contribution is -0.139. The molecular weight excluding hydrogens is 288 g/mol. The number of carboxylic acids is 1. The summed E-state index contributed by atoms with van der Waals surface area (Å²) in [5, 5.41) is 8.99. The van der Waals surface area contributed by atoms with Gasteiger partial charge < -0.3 is 5.11 Å². The van der Waals surface area contributed by atoms with Crippen molar-refractivity contribution in [2.75, 3.05) is 18.8 Å². The predicted octanol–water partition coefficient (Wildman–Crippen LogP) is 0.572. The Morgan fingerprint density at radius 1 is 1.42 bits per heavy atom. The van der Waals surface area contributed by atoms with E-state index in [0.717, 1.165) is 6.42 Å². The first-order valence-corrected chi connectivity index (χ1v) is 8.44. The third-order valence-electron chi connectivity index (χ3n) is 3.18. The lowest BCUT2D eigenvalue weighted by Gasteiger charge is -2.34. The molecule has 0 aromatic carbocycles. The number of nitrogens with zero attached hydrogens (tertiary/aromatic N) is 1. The number of hydrogen-bond acceptors (Lipinski definition) is 4. The minimum Gasteiger partial charge on any atom is -0.480 e. The average Bonchev–Trinajstić information content (AvgIpc) is 2.26. The van der Waals surface area contributed by atoms with E-state index >= 15 is 0 Å². The van der Waals surface area contributed by atoms with Crippen LogP contribution >= 0.6 is 12.6 Å². The Labute approximate surface area is 120 Å². The Bertz CT molecular complexity index is 403. The zero-order valence-corrected chi connectivity index (χ0v) is 13.0. The van der Waals surface area contributed by atoms with Crippen LogP contribution in [0, 0.1) is 11.8 Å². The largest absolute Gasteiger partial charge is 0.480 e. The summed E-state index contributed by atoms with van der Waals surface area (Å²) in [5.41, 5.74) is 0. The van der Waals surface area contributed by atoms with Crippen molar-refractivity contribution in [3.63, 3.8) is 0 Å². The highest BCUT2D eigenvalue weighted by Crippen LogP contribution is 2.22. The normalized spacial score (nSPS) is 27.1. The van der Waals surface area contributed by atoms with Crippen LogP contribution in [-0.2, 0) is 15.0 Å². The van der Waals surface area contributed by atoms with E-state index in [1.54, 1.807) is 0 Å². The molecule has 2 N–H and O–H groups in total. The quantitative estimate of drug-likeness (QED) is 0.626. The van der Waals surface area contributed by atoms with Crippen molar-refractivity contribution in [2.45, 2.75) is 32.7 Å². The molecular formula is C11H22N2O4S2. The van der Waals surface area contributed by atoms with Crippen LogP contribution < -0.4 is 4.72 Å². The van der Waals surface area contributed by atoms with Crippen LogP contribution in [0.2, 0.25) is 0 Å². The number of carbonyl (C=O) groups is 1. The summed E-state index contributed by atoms with van der Waals surface area (Å²) in [7, 11) is -3.75. The van der Waals surface area contributed by atoms with E-state index in [4.69, 9.17) is 5.11 Å². The maximum absolute atomic E-state index is 12.2. The molecule has 1 fully saturated rings. The molecule has 3 atom stereocenters. The SMILES string of the molecule is CC1CC(C)CN(S(=O)(=O)NC(CCS)C(=O)O)C1. The molecule has 0 aliphatic carbocycles. The minimum absolute atomic E-state index is 0.163. The van der Waals surface area contributed by atoms with Crippen molar-refractivity contribution >= 4 is 28.8 Å². The van der Waals surface area contributed by atoms with Gasteiger partial charge in [-0.25, -0.2) is 0 Å². The highest BCUT2D eigenvalue weighted by Gasteiger charge is 2.33. The summed E-state index contributed by atoms with van der Waals surface area (Å²) in [6.07, 6.45) is 1.15. The summed E-state index contributed by atoms with van der Waals surface area (Å²) in [4.78, 5) is 11.0. The van der Waals surface area contributed by atoms with Crippen molar-refractivity contribution in [3.05, 3.63) is 0 Å². The maximum atomic E-state index is 12.2. The molecule has 19 heavy (non-hydrogen) atoms. The Kier molecular flexibility index (Phi) is 6.10. The zero-order chi connectivity index (χ0) is 14.6. The highest BCUT2D eigenvalue weighted by molar-refractivity contribution is 7.87. The smallest absolute Gasteiger partial charge is 0.321 e. The van der Waals surface area contributed by atoms with Crippen molar-refractivity contribution in [1.29, 1.82) is 0 Å². The zero-order valence-electron chi connectivity index (χ0n) is 11.2. The van der Waals surface area contributed by atoms with Crippen LogP contribution in [0.25, 0.3) is 0 Å². The van der Waals surface area contributed by atoms with Gasteiger partial charge in [0, 0.05) is 13.1 Å². The van der Waals surface area contributed by atoms with Gasteiger partial charge in [0.05, 0.1) is 0 Å². The topological polar surface area (TPSA) is 86.7 Å². The number of aliphatic carboxylic acids is 1. The minimum atomic E-state index is -3.75. The highest BCUT2D eigenvalue weighted by atomic mass is 32.2. The van der Waals surface area contributed by atoms with E-state index in [1.807, 2.05) is 13.8 Å². The number of carboxylic acid groups (broad SMARTS) is 1. The molecule has 0 saturated carbocycles. The molecule has 1 aliphatic rings. The van der Waals surface area contributed by atoms with E-state index in [9.17, 15) is 13.2 Å². The van der Waals surface area contributed by atoms with Gasteiger partial charge in [-0.2, -0.15) is 30.1 Å². The molecule has 0 radical (unpaired) electrons. The molecule has 6 nitrogen and oxygen atoms in total. The summed E-state index contributed by atoms with van der Waals surface area (Å²) in [6, 6.07) is -1.12. The van der Waals surface area contributed by atoms with Crippen molar-refractivity contribution < 1.29 is 18.3 Å². The number of hydrogen-bond donors (Lipinski definition) is 3. The molecule has 3 unspecified atom stereocenters. The van der Waals surface area contributed by atoms with Gasteiger partial charge in [0.25, 0.3) is 10.2 Å². The Hall–Kier alpha value is -0.310. The summed E-state index contributed by atoms with van der Waals surface area (Å²) in [5.74, 6) is -0.288. The van der Waals surface area contributed by atoms with E-state index in [2.05, 4.69) is 17.4 Å². The van der Waals surface area contributed by atoms with Gasteiger partial charge in [0.15, 0.2) is 0 Å². The number of nitrogens with one attached hydrogen (secondary N) is 1. The van der Waals surface area contributed by atoms with E-state index in [0.29, 0.717) is 18.8 Å². The van der Waals surface area contributed by atoms with Crippen LogP contribution in [0.5, 0.6) is 0 Å². The lowest BCUT2D eigenvalue weighted by atomic mass is 9.94. The molecule has 0 amide bonds. The van der Waals surface area contributed by atoms with Crippen LogP contribution in [0.3, 0.4) is 0 Å². The van der Waals surface area contributed by atoms with E-state index < -0.39 is 22.2 Å². The molecule has 0 spiro atoms. The second-order valence-corrected chi connectivity index (χ2v) is 7.44. The van der Waals surface area contributed by atoms with Crippen LogP contribution in [-0.4, -0.2) is 48.7 Å². The summed E-state index contributed by atoms with van der Waals surface area (Å²) >= 11 is 3.95. The molecule has 1 saturated heterocycles. The third-order valence-corrected chi connectivity index (χ3v) is 5.00. The first-order chi connectivity index (χ1) is 8.76. The fraction of sp³-hybridized carbons (Fsp3) is 0.909. The monoisotopic (exact) mass is 310 g/mol. The van der Waals surface area contributed by atoms with Gasteiger partial charge in [-0.15, -0.1) is 0 Å². The molecule has 1 rings (SSSR count). The Balaban J connectivity index is 2.76. The Morgan fingerprint density at radius 3 is 2.37 bits per heavy atom. The van der Waals surface area contributed by atoms with Gasteiger partial charge in [-0.05, 0) is 30.4 Å².